The van der Waals surface area contributed by atoms with E-state index in [0.29, 0.717) is 30.7 Å². The van der Waals surface area contributed by atoms with Gasteiger partial charge in [-0.2, -0.15) is 0 Å². The number of rotatable bonds is 14. The molecule has 1 amide bonds. The van der Waals surface area contributed by atoms with Crippen molar-refractivity contribution in [2.75, 3.05) is 6.54 Å². The summed E-state index contributed by atoms with van der Waals surface area (Å²) in [4.78, 5) is 27.9. The van der Waals surface area contributed by atoms with E-state index in [-0.39, 0.29) is 23.8 Å². The van der Waals surface area contributed by atoms with Gasteiger partial charge in [0.15, 0.2) is 0 Å². The summed E-state index contributed by atoms with van der Waals surface area (Å²) >= 11 is 5.90. The second-order valence-electron chi connectivity index (χ2n) is 10.0. The molecule has 1 unspecified atom stereocenters. The number of carboxylic acid groups (broad SMARTS) is 1. The molecule has 8 nitrogen and oxygen atoms in total. The van der Waals surface area contributed by atoms with Crippen LogP contribution < -0.4 is 5.11 Å². The fourth-order valence-electron chi connectivity index (χ4n) is 3.94. The Kier molecular flexibility index (Phi) is 11.8. The molecule has 10 heteroatoms. The van der Waals surface area contributed by atoms with Crippen LogP contribution in [-0.4, -0.2) is 41.9 Å². The maximum Gasteiger partial charge on any atom is 0.424 e. The van der Waals surface area contributed by atoms with Gasteiger partial charge in [-0.1, -0.05) is 36.9 Å². The third-order valence-electron chi connectivity index (χ3n) is 5.78. The van der Waals surface area contributed by atoms with Gasteiger partial charge >= 0.3 is 6.09 Å². The van der Waals surface area contributed by atoms with Crippen LogP contribution in [0.1, 0.15) is 71.3 Å². The fourth-order valence-corrected chi connectivity index (χ4v) is 5.40. The molecule has 204 valence electrons. The zero-order valence-electron chi connectivity index (χ0n) is 21.7. The second-order valence-corrected chi connectivity index (χ2v) is 12.3. The van der Waals surface area contributed by atoms with Crippen LogP contribution in [-0.2, 0) is 26.0 Å². The summed E-state index contributed by atoms with van der Waals surface area (Å²) in [6.07, 6.45) is 7.40. The van der Waals surface area contributed by atoms with E-state index in [4.69, 9.17) is 16.3 Å². The number of aryl methyl sites for hydroxylation is 1. The minimum absolute atomic E-state index is 0.0213. The van der Waals surface area contributed by atoms with Gasteiger partial charge in [0.25, 0.3) is 10.0 Å². The number of nitrogens with zero attached hydrogens (tertiary/aromatic N) is 2. The van der Waals surface area contributed by atoms with Crippen molar-refractivity contribution in [3.05, 3.63) is 59.4 Å². The molecule has 1 atom stereocenters. The van der Waals surface area contributed by atoms with Crippen LogP contribution in [0.4, 0.5) is 4.79 Å². The molecule has 0 saturated carbocycles. The van der Waals surface area contributed by atoms with Gasteiger partial charge in [-0.05, 0) is 94.7 Å². The van der Waals surface area contributed by atoms with Crippen molar-refractivity contribution in [2.24, 2.45) is 5.92 Å². The van der Waals surface area contributed by atoms with Crippen LogP contribution in [0.2, 0.25) is 5.02 Å². The quantitative estimate of drug-likeness (QED) is 0.303. The van der Waals surface area contributed by atoms with Crippen molar-refractivity contribution in [3.63, 3.8) is 0 Å². The average Bonchev–Trinajstić information content (AvgIpc) is 2.81. The minimum atomic E-state index is -4.15. The number of unbranched alkanes of at least 4 members (excludes halogenated alkanes) is 1. The number of carbonyl (C=O) groups is 2. The maximum absolute atomic E-state index is 13.3. The summed E-state index contributed by atoms with van der Waals surface area (Å²) in [7, 11) is -4.15. The number of sulfonamides is 1. The monoisotopic (exact) mass is 551 g/mol. The lowest BCUT2D eigenvalue weighted by molar-refractivity contribution is -0.306. The molecule has 0 saturated heterocycles. The van der Waals surface area contributed by atoms with Crippen molar-refractivity contribution in [3.8, 4) is 0 Å². The Morgan fingerprint density at radius 1 is 1.05 bits per heavy atom. The summed E-state index contributed by atoms with van der Waals surface area (Å²) in [5.74, 6) is -0.931. The lowest BCUT2D eigenvalue weighted by Crippen LogP contribution is -2.41. The number of aromatic nitrogens is 1. The highest BCUT2D eigenvalue weighted by Gasteiger charge is 2.32. The van der Waals surface area contributed by atoms with Gasteiger partial charge in [0.2, 0.25) is 0 Å². The SMILES string of the molecule is CC(C)(C)OC(=O)N(CCCCC(CCCc1cccnc1)CCC(=O)[O-])S(=O)(=O)c1ccc(Cl)cc1. The molecular weight excluding hydrogens is 516 g/mol. The van der Waals surface area contributed by atoms with Crippen molar-refractivity contribution < 1.29 is 27.9 Å². The van der Waals surface area contributed by atoms with E-state index in [9.17, 15) is 23.1 Å². The topological polar surface area (TPSA) is 117 Å². The number of hydrogen-bond donors (Lipinski definition) is 0. The van der Waals surface area contributed by atoms with Crippen molar-refractivity contribution in [1.82, 2.24) is 9.29 Å². The molecule has 1 aromatic heterocycles. The summed E-state index contributed by atoms with van der Waals surface area (Å²) in [5.41, 5.74) is 0.260. The van der Waals surface area contributed by atoms with Crippen LogP contribution in [0.3, 0.4) is 0 Å². The van der Waals surface area contributed by atoms with E-state index < -0.39 is 27.7 Å². The van der Waals surface area contributed by atoms with Crippen LogP contribution >= 0.6 is 11.6 Å². The minimum Gasteiger partial charge on any atom is -0.550 e. The Morgan fingerprint density at radius 2 is 1.73 bits per heavy atom. The standard InChI is InChI=1S/C27H37ClN2O6S/c1-27(2,3)36-26(33)30(37(34,35)24-15-13-23(28)14-16-24)19-5-4-8-21(12-17-25(31)32)9-6-10-22-11-7-18-29-20-22/h7,11,13-16,18,20-21H,4-6,8-10,12,17,19H2,1-3H3,(H,31,32)/p-1. The van der Waals surface area contributed by atoms with Crippen LogP contribution in [0.5, 0.6) is 0 Å². The highest BCUT2D eigenvalue weighted by atomic mass is 35.5. The molecule has 37 heavy (non-hydrogen) atoms. The number of carbonyl (C=O) groups excluding carboxylic acids is 2. The smallest absolute Gasteiger partial charge is 0.424 e. The number of amides is 1. The Hall–Kier alpha value is -2.65. The zero-order valence-corrected chi connectivity index (χ0v) is 23.3. The van der Waals surface area contributed by atoms with E-state index in [1.165, 1.54) is 24.3 Å². The van der Waals surface area contributed by atoms with Gasteiger partial charge in [-0.25, -0.2) is 17.5 Å². The summed E-state index contributed by atoms with van der Waals surface area (Å²) in [6.45, 7) is 4.96. The van der Waals surface area contributed by atoms with E-state index in [2.05, 4.69) is 4.98 Å². The fraction of sp³-hybridized carbons (Fsp3) is 0.519. The Balaban J connectivity index is 2.02. The molecule has 1 aromatic carbocycles. The molecule has 0 aliphatic carbocycles. The first-order valence-corrected chi connectivity index (χ1v) is 14.3. The third kappa shape index (κ3) is 11.1. The van der Waals surface area contributed by atoms with E-state index in [1.54, 1.807) is 27.0 Å². The van der Waals surface area contributed by atoms with Crippen molar-refractivity contribution in [1.29, 1.82) is 0 Å². The zero-order chi connectivity index (χ0) is 27.5. The van der Waals surface area contributed by atoms with Crippen LogP contribution in [0, 0.1) is 5.92 Å². The molecule has 0 radical (unpaired) electrons. The molecule has 1 heterocycles. The number of halogens is 1. The number of hydrogen-bond acceptors (Lipinski definition) is 7. The highest BCUT2D eigenvalue weighted by Crippen LogP contribution is 2.24. The van der Waals surface area contributed by atoms with E-state index in [0.717, 1.165) is 29.1 Å². The molecule has 0 N–H and O–H groups in total. The molecule has 2 aromatic rings. The average molecular weight is 552 g/mol. The van der Waals surface area contributed by atoms with Gasteiger partial charge in [0.1, 0.15) is 5.60 Å². The number of carboxylic acids is 1. The molecule has 0 fully saturated rings. The van der Waals surface area contributed by atoms with Gasteiger partial charge in [-0.15, -0.1) is 0 Å². The number of aliphatic carboxylic acids is 1. The highest BCUT2D eigenvalue weighted by molar-refractivity contribution is 7.89. The summed E-state index contributed by atoms with van der Waals surface area (Å²) in [6, 6.07) is 9.51. The van der Waals surface area contributed by atoms with Gasteiger partial charge in [0, 0.05) is 29.9 Å². The molecule has 2 rings (SSSR count). The second kappa shape index (κ2) is 14.3. The Bertz CT molecular complexity index is 1100. The van der Waals surface area contributed by atoms with Crippen molar-refractivity contribution >= 4 is 33.7 Å². The first-order valence-electron chi connectivity index (χ1n) is 12.5. The van der Waals surface area contributed by atoms with Crippen LogP contribution in [0.15, 0.2) is 53.7 Å². The van der Waals surface area contributed by atoms with E-state index in [1.807, 2.05) is 18.3 Å². The van der Waals surface area contributed by atoms with Crippen LogP contribution in [0.25, 0.3) is 0 Å². The first kappa shape index (κ1) is 30.6. The number of pyridine rings is 1. The Morgan fingerprint density at radius 3 is 2.32 bits per heavy atom. The largest absolute Gasteiger partial charge is 0.550 e. The Labute approximate surface area is 225 Å². The lowest BCUT2D eigenvalue weighted by atomic mass is 9.91. The first-order chi connectivity index (χ1) is 17.4. The molecule has 0 aliphatic heterocycles. The van der Waals surface area contributed by atoms with Gasteiger partial charge < -0.3 is 14.6 Å². The molecular formula is C27H36ClN2O6S-. The molecule has 0 aliphatic rings. The molecule has 0 bridgehead atoms. The third-order valence-corrected chi connectivity index (χ3v) is 7.81. The van der Waals surface area contributed by atoms with Gasteiger partial charge in [-0.3, -0.25) is 4.98 Å². The van der Waals surface area contributed by atoms with Gasteiger partial charge in [0.05, 0.1) is 4.90 Å². The van der Waals surface area contributed by atoms with E-state index >= 15 is 0 Å². The summed E-state index contributed by atoms with van der Waals surface area (Å²) < 4.78 is 32.7. The normalized spacial score (nSPS) is 12.6. The predicted octanol–water partition coefficient (Wildman–Crippen LogP) is 5.00. The number of ether oxygens (including phenoxy) is 1. The predicted molar refractivity (Wildman–Crippen MR) is 140 cm³/mol. The molecule has 0 spiro atoms. The van der Waals surface area contributed by atoms with Crippen molar-refractivity contribution in [2.45, 2.75) is 82.6 Å². The lowest BCUT2D eigenvalue weighted by Gasteiger charge is -2.27. The summed E-state index contributed by atoms with van der Waals surface area (Å²) in [5, 5.41) is 11.4. The maximum atomic E-state index is 13.3. The number of benzene rings is 1.